The number of aliphatic imine (C=N–C) groups is 1. The predicted octanol–water partition coefficient (Wildman–Crippen LogP) is 4.42. The second-order valence-corrected chi connectivity index (χ2v) is 11.4. The monoisotopic (exact) mass is 519 g/mol. The molecule has 0 bridgehead atoms. The number of amides is 1. The summed E-state index contributed by atoms with van der Waals surface area (Å²) in [4.78, 5) is 21.4. The zero-order chi connectivity index (χ0) is 25.9. The van der Waals surface area contributed by atoms with Crippen LogP contribution in [-0.4, -0.2) is 65.7 Å². The van der Waals surface area contributed by atoms with E-state index in [1.807, 2.05) is 19.1 Å². The molecule has 4 rings (SSSR count). The summed E-state index contributed by atoms with van der Waals surface area (Å²) in [7, 11) is 0. The lowest BCUT2D eigenvalue weighted by Gasteiger charge is -2.40. The van der Waals surface area contributed by atoms with Gasteiger partial charge >= 0.3 is 0 Å². The van der Waals surface area contributed by atoms with Gasteiger partial charge in [0.1, 0.15) is 5.84 Å². The first-order valence-electron chi connectivity index (χ1n) is 12.4. The highest BCUT2D eigenvalue weighted by Crippen LogP contribution is 2.54. The van der Waals surface area contributed by atoms with Gasteiger partial charge in [-0.25, -0.2) is 8.78 Å². The SMILES string of the molecule is CC(=C/C(=NC(=O)c1ccc(NSC(C)CO)cc1N1CCC2(CC1)CC2)N1CC(F)(F)C1)/C=C/N. The van der Waals surface area contributed by atoms with E-state index in [-0.39, 0.29) is 17.7 Å². The molecule has 0 radical (unpaired) electrons. The number of halogens is 2. The maximum Gasteiger partial charge on any atom is 0.282 e. The van der Waals surface area contributed by atoms with E-state index in [0.717, 1.165) is 37.3 Å². The molecule has 2 saturated heterocycles. The lowest BCUT2D eigenvalue weighted by atomic mass is 9.93. The average Bonchev–Trinajstić information content (AvgIpc) is 3.59. The highest BCUT2D eigenvalue weighted by Gasteiger charge is 2.46. The Balaban J connectivity index is 1.63. The van der Waals surface area contributed by atoms with E-state index in [1.54, 1.807) is 25.1 Å². The molecule has 1 aliphatic carbocycles. The number of hydrogen-bond acceptors (Lipinski definition) is 6. The number of aliphatic hydroxyl groups is 1. The molecule has 4 N–H and O–H groups in total. The van der Waals surface area contributed by atoms with Crippen molar-refractivity contribution in [1.82, 2.24) is 4.90 Å². The van der Waals surface area contributed by atoms with Crippen LogP contribution in [0.1, 0.15) is 49.9 Å². The zero-order valence-electron chi connectivity index (χ0n) is 20.8. The smallest absolute Gasteiger partial charge is 0.282 e. The first-order chi connectivity index (χ1) is 17.1. The topological polar surface area (TPSA) is 94.2 Å². The number of carbonyl (C=O) groups is 1. The molecule has 2 heterocycles. The van der Waals surface area contributed by atoms with Gasteiger partial charge in [-0.2, -0.15) is 4.99 Å². The number of piperidine rings is 1. The molecule has 0 aromatic heterocycles. The fraction of sp³-hybridized carbons (Fsp3) is 0.538. The quantitative estimate of drug-likeness (QED) is 0.203. The van der Waals surface area contributed by atoms with E-state index in [1.165, 1.54) is 35.9 Å². The average molecular weight is 520 g/mol. The Bertz CT molecular complexity index is 1050. The van der Waals surface area contributed by atoms with Crippen LogP contribution in [0.2, 0.25) is 0 Å². The Labute approximate surface area is 215 Å². The minimum Gasteiger partial charge on any atom is -0.405 e. The summed E-state index contributed by atoms with van der Waals surface area (Å²) in [5, 5.41) is 9.34. The van der Waals surface area contributed by atoms with Crippen molar-refractivity contribution in [2.75, 3.05) is 42.4 Å². The van der Waals surface area contributed by atoms with Gasteiger partial charge in [-0.15, -0.1) is 0 Å². The number of anilines is 2. The number of likely N-dealkylation sites (tertiary alicyclic amines) is 1. The standard InChI is InChI=1S/C26H35F2N5O2S/c1-18(5-10-29)13-23(33-16-26(27,28)17-33)30-24(35)21-4-3-20(31-36-19(2)15-34)14-22(21)32-11-8-25(6-7-25)9-12-32/h3-5,10,13-14,19,31,34H,6-9,11-12,15-17,29H2,1-2H3/b10-5+,18-13-,30-23?. The van der Waals surface area contributed by atoms with E-state index in [4.69, 9.17) is 5.73 Å². The molecule has 3 fully saturated rings. The first kappa shape index (κ1) is 26.5. The molecule has 10 heteroatoms. The number of aliphatic hydroxyl groups excluding tert-OH is 1. The fourth-order valence-corrected chi connectivity index (χ4v) is 5.12. The van der Waals surface area contributed by atoms with Crippen LogP contribution in [0.15, 0.2) is 47.1 Å². The van der Waals surface area contributed by atoms with Crippen LogP contribution in [0.25, 0.3) is 0 Å². The third-order valence-electron chi connectivity index (χ3n) is 7.09. The Morgan fingerprint density at radius 3 is 2.56 bits per heavy atom. The third-order valence-corrected chi connectivity index (χ3v) is 7.99. The van der Waals surface area contributed by atoms with Crippen LogP contribution < -0.4 is 15.4 Å². The number of hydrogen-bond donors (Lipinski definition) is 3. The maximum absolute atomic E-state index is 13.6. The van der Waals surface area contributed by atoms with Crippen LogP contribution in [0.5, 0.6) is 0 Å². The molecule has 1 amide bonds. The third kappa shape index (κ3) is 6.39. The van der Waals surface area contributed by atoms with Crippen molar-refractivity contribution < 1.29 is 18.7 Å². The van der Waals surface area contributed by atoms with Gasteiger partial charge in [0.25, 0.3) is 11.8 Å². The summed E-state index contributed by atoms with van der Waals surface area (Å²) in [6.07, 6.45) is 9.35. The second kappa shape index (κ2) is 10.8. The van der Waals surface area contributed by atoms with Crippen molar-refractivity contribution in [2.45, 2.75) is 50.7 Å². The van der Waals surface area contributed by atoms with E-state index in [2.05, 4.69) is 14.6 Å². The van der Waals surface area contributed by atoms with E-state index in [9.17, 15) is 18.7 Å². The molecule has 36 heavy (non-hydrogen) atoms. The largest absolute Gasteiger partial charge is 0.405 e. The molecule has 2 aliphatic heterocycles. The van der Waals surface area contributed by atoms with E-state index in [0.29, 0.717) is 16.6 Å². The highest BCUT2D eigenvalue weighted by atomic mass is 32.2. The maximum atomic E-state index is 13.6. The van der Waals surface area contributed by atoms with Crippen LogP contribution in [0.3, 0.4) is 0 Å². The summed E-state index contributed by atoms with van der Waals surface area (Å²) in [5.74, 6) is -3.05. The van der Waals surface area contributed by atoms with Gasteiger partial charge in [0.05, 0.1) is 30.9 Å². The van der Waals surface area contributed by atoms with Gasteiger partial charge < -0.3 is 25.4 Å². The molecule has 1 atom stereocenters. The summed E-state index contributed by atoms with van der Waals surface area (Å²) in [5.41, 5.74) is 8.72. The summed E-state index contributed by atoms with van der Waals surface area (Å²) in [6.45, 7) is 4.52. The van der Waals surface area contributed by atoms with Gasteiger partial charge in [0.2, 0.25) is 0 Å². The minimum atomic E-state index is -2.79. The minimum absolute atomic E-state index is 0.0129. The van der Waals surface area contributed by atoms with Crippen molar-refractivity contribution in [2.24, 2.45) is 16.1 Å². The summed E-state index contributed by atoms with van der Waals surface area (Å²) >= 11 is 1.41. The summed E-state index contributed by atoms with van der Waals surface area (Å²) in [6, 6.07) is 5.50. The van der Waals surface area contributed by atoms with Gasteiger partial charge in [0.15, 0.2) is 0 Å². The van der Waals surface area contributed by atoms with Crippen LogP contribution in [0.4, 0.5) is 20.2 Å². The number of nitrogens with two attached hydrogens (primary N) is 1. The zero-order valence-corrected chi connectivity index (χ0v) is 21.7. The fourth-order valence-electron chi connectivity index (χ4n) is 4.58. The molecular formula is C26H35F2N5O2S. The molecule has 1 unspecified atom stereocenters. The Kier molecular flexibility index (Phi) is 7.94. The van der Waals surface area contributed by atoms with Crippen molar-refractivity contribution >= 4 is 35.1 Å². The number of amidine groups is 1. The number of nitrogens with one attached hydrogen (secondary N) is 1. The highest BCUT2D eigenvalue weighted by molar-refractivity contribution is 8.01. The van der Waals surface area contributed by atoms with E-state index < -0.39 is 24.9 Å². The molecule has 196 valence electrons. The van der Waals surface area contributed by atoms with Crippen molar-refractivity contribution in [3.05, 3.63) is 47.7 Å². The number of alkyl halides is 2. The molecule has 1 saturated carbocycles. The van der Waals surface area contributed by atoms with E-state index >= 15 is 0 Å². The second-order valence-electron chi connectivity index (χ2n) is 10.2. The lowest BCUT2D eigenvalue weighted by molar-refractivity contribution is -0.101. The number of benzene rings is 1. The molecule has 1 aromatic carbocycles. The molecule has 7 nitrogen and oxygen atoms in total. The molecule has 3 aliphatic rings. The van der Waals surface area contributed by atoms with Crippen LogP contribution in [-0.2, 0) is 0 Å². The Morgan fingerprint density at radius 2 is 1.97 bits per heavy atom. The number of carbonyl (C=O) groups excluding carboxylic acids is 1. The molecule has 1 aromatic rings. The predicted molar refractivity (Wildman–Crippen MR) is 143 cm³/mol. The normalized spacial score (nSPS) is 22.0. The van der Waals surface area contributed by atoms with Gasteiger partial charge in [0, 0.05) is 24.0 Å². The lowest BCUT2D eigenvalue weighted by Crippen LogP contribution is -2.58. The van der Waals surface area contributed by atoms with Gasteiger partial charge in [-0.3, -0.25) is 4.79 Å². The van der Waals surface area contributed by atoms with Crippen molar-refractivity contribution in [1.29, 1.82) is 0 Å². The Hall–Kier alpha value is -2.59. The first-order valence-corrected chi connectivity index (χ1v) is 13.3. The molecular weight excluding hydrogens is 484 g/mol. The van der Waals surface area contributed by atoms with Crippen molar-refractivity contribution in [3.63, 3.8) is 0 Å². The van der Waals surface area contributed by atoms with Crippen molar-refractivity contribution in [3.8, 4) is 0 Å². The van der Waals surface area contributed by atoms with Crippen LogP contribution in [0, 0.1) is 5.41 Å². The number of allylic oxidation sites excluding steroid dienone is 2. The number of nitrogens with zero attached hydrogens (tertiary/aromatic N) is 3. The summed E-state index contributed by atoms with van der Waals surface area (Å²) < 4.78 is 30.5. The van der Waals surface area contributed by atoms with Gasteiger partial charge in [-0.05, 0) is 99.0 Å². The number of rotatable bonds is 8. The van der Waals surface area contributed by atoms with Crippen LogP contribution >= 0.6 is 11.9 Å². The Morgan fingerprint density at radius 1 is 1.28 bits per heavy atom. The van der Waals surface area contributed by atoms with Gasteiger partial charge in [-0.1, -0.05) is 0 Å². The molecule has 1 spiro atoms.